The van der Waals surface area contributed by atoms with Crippen molar-refractivity contribution in [2.24, 2.45) is 0 Å². The molecule has 0 saturated carbocycles. The van der Waals surface area contributed by atoms with Crippen LogP contribution in [0.2, 0.25) is 0 Å². The third kappa shape index (κ3) is 6.69. The number of nitrogens with zero attached hydrogens (tertiary/aromatic N) is 2. The number of rotatable bonds is 9. The summed E-state index contributed by atoms with van der Waals surface area (Å²) >= 11 is 0. The lowest BCUT2D eigenvalue weighted by molar-refractivity contribution is -0.137. The molecule has 0 unspecified atom stereocenters. The van der Waals surface area contributed by atoms with E-state index in [9.17, 15) is 22.8 Å². The monoisotopic (exact) mass is 494 g/mol. The van der Waals surface area contributed by atoms with Gasteiger partial charge in [0.1, 0.15) is 22.9 Å². The molecule has 0 radical (unpaired) electrons. The summed E-state index contributed by atoms with van der Waals surface area (Å²) in [6.07, 6.45) is 0.133. The number of aryl methyl sites for hydroxylation is 3. The number of ketones is 1. The molecule has 1 aliphatic carbocycles. The highest BCUT2D eigenvalue weighted by molar-refractivity contribution is 5.94. The topological polar surface area (TPSA) is 84.0 Å². The van der Waals surface area contributed by atoms with E-state index in [1.165, 1.54) is 6.92 Å². The van der Waals surface area contributed by atoms with Gasteiger partial charge in [-0.2, -0.15) is 13.2 Å². The van der Waals surface area contributed by atoms with E-state index in [4.69, 9.17) is 0 Å². The molecule has 9 heteroatoms. The summed E-state index contributed by atoms with van der Waals surface area (Å²) in [4.78, 5) is 31.5. The summed E-state index contributed by atoms with van der Waals surface area (Å²) in [6, 6.07) is 5.48. The minimum Gasteiger partial charge on any atom is -0.331 e. The minimum atomic E-state index is -4.70. The van der Waals surface area contributed by atoms with Crippen molar-refractivity contribution in [3.8, 4) is 0 Å². The van der Waals surface area contributed by atoms with Crippen molar-refractivity contribution in [2.45, 2.75) is 46.2 Å². The van der Waals surface area contributed by atoms with Crippen LogP contribution in [0.4, 0.5) is 19.0 Å². The summed E-state index contributed by atoms with van der Waals surface area (Å²) < 4.78 is 41.1. The number of carbonyl (C=O) groups is 2. The van der Waals surface area contributed by atoms with Gasteiger partial charge in [-0.25, -0.2) is 9.97 Å². The second-order valence-corrected chi connectivity index (χ2v) is 8.28. The molecule has 3 rings (SSSR count). The van der Waals surface area contributed by atoms with Crippen LogP contribution in [0.5, 0.6) is 0 Å². The van der Waals surface area contributed by atoms with Crippen LogP contribution in [-0.2, 0) is 23.8 Å². The van der Waals surface area contributed by atoms with Crippen molar-refractivity contribution >= 4 is 17.5 Å². The first-order valence-electron chi connectivity index (χ1n) is 11.2. The van der Waals surface area contributed by atoms with Crippen molar-refractivity contribution in [3.63, 3.8) is 0 Å². The van der Waals surface area contributed by atoms with Crippen LogP contribution in [0.1, 0.15) is 53.1 Å². The molecule has 1 amide bonds. The molecule has 1 aromatic carbocycles. The second-order valence-electron chi connectivity index (χ2n) is 8.28. The average molecular weight is 495 g/mol. The van der Waals surface area contributed by atoms with Gasteiger partial charge in [0.05, 0.1) is 5.70 Å². The van der Waals surface area contributed by atoms with Gasteiger partial charge >= 0.3 is 6.18 Å². The van der Waals surface area contributed by atoms with Crippen molar-refractivity contribution in [1.82, 2.24) is 15.3 Å². The van der Waals surface area contributed by atoms with E-state index in [1.54, 1.807) is 19.1 Å². The quantitative estimate of drug-likeness (QED) is 0.278. The molecule has 0 saturated heterocycles. The van der Waals surface area contributed by atoms with E-state index < -0.39 is 23.5 Å². The van der Waals surface area contributed by atoms with Crippen LogP contribution < -0.4 is 10.6 Å². The third-order valence-corrected chi connectivity index (χ3v) is 5.45. The lowest BCUT2D eigenvalue weighted by atomic mass is 9.98. The molecule has 6 nitrogen and oxygen atoms in total. The Bertz CT molecular complexity index is 1360. The number of hydrogen-bond acceptors (Lipinski definition) is 5. The SMILES string of the molecule is C=CC(=O)NC1=CC(C)=C=C=C1Nc1nc(CCCc2cc(C(C)=O)ccc2C)ncc1C(F)(F)F. The summed E-state index contributed by atoms with van der Waals surface area (Å²) in [5.74, 6) is -0.795. The highest BCUT2D eigenvalue weighted by atomic mass is 19.4. The number of hydrogen-bond donors (Lipinski definition) is 2. The molecule has 0 spiro atoms. The first-order valence-corrected chi connectivity index (χ1v) is 11.2. The smallest absolute Gasteiger partial charge is 0.331 e. The maximum Gasteiger partial charge on any atom is 0.421 e. The number of alkyl halides is 3. The molecular formula is C27H25F3N4O2. The van der Waals surface area contributed by atoms with E-state index in [-0.39, 0.29) is 23.0 Å². The van der Waals surface area contributed by atoms with Crippen molar-refractivity contribution in [3.05, 3.63) is 99.6 Å². The van der Waals surface area contributed by atoms with Gasteiger partial charge in [-0.05, 0) is 68.7 Å². The fraction of sp³-hybridized carbons (Fsp3) is 0.259. The number of benzene rings is 1. The first-order chi connectivity index (χ1) is 17.0. The van der Waals surface area contributed by atoms with Gasteiger partial charge in [0.25, 0.3) is 0 Å². The fourth-order valence-electron chi connectivity index (χ4n) is 3.49. The lowest BCUT2D eigenvalue weighted by Gasteiger charge is -2.18. The van der Waals surface area contributed by atoms with E-state index in [0.29, 0.717) is 30.4 Å². The molecule has 1 aromatic heterocycles. The van der Waals surface area contributed by atoms with Crippen molar-refractivity contribution in [2.75, 3.05) is 5.32 Å². The van der Waals surface area contributed by atoms with Crippen molar-refractivity contribution < 1.29 is 22.8 Å². The van der Waals surface area contributed by atoms with E-state index in [2.05, 4.69) is 38.6 Å². The number of allylic oxidation sites excluding steroid dienone is 2. The Morgan fingerprint density at radius 1 is 1.17 bits per heavy atom. The van der Waals surface area contributed by atoms with Gasteiger partial charge in [-0.1, -0.05) is 24.4 Å². The summed E-state index contributed by atoms with van der Waals surface area (Å²) in [6.45, 7) is 8.53. The highest BCUT2D eigenvalue weighted by Crippen LogP contribution is 2.34. The number of carbonyl (C=O) groups excluding carboxylic acids is 2. The normalized spacial score (nSPS) is 12.9. The molecule has 186 valence electrons. The Balaban J connectivity index is 1.85. The van der Waals surface area contributed by atoms with Crippen LogP contribution in [-0.4, -0.2) is 21.7 Å². The maximum atomic E-state index is 13.7. The standard InChI is InChI=1S/C27H25F3N4O2/c1-5-25(36)32-23-13-16(2)9-12-22(23)33-26-21(27(28,29)30)15-31-24(34-26)8-6-7-19-14-20(18(4)35)11-10-17(19)3/h5,10-11,13-15H,1,6-8H2,2-4H3,(H,32,36)(H,31,33,34). The van der Waals surface area contributed by atoms with Gasteiger partial charge in [0.15, 0.2) is 5.78 Å². The van der Waals surface area contributed by atoms with Crippen molar-refractivity contribution in [1.29, 1.82) is 0 Å². The number of amides is 1. The van der Waals surface area contributed by atoms with Gasteiger partial charge in [-0.3, -0.25) is 9.59 Å². The maximum absolute atomic E-state index is 13.7. The average Bonchev–Trinajstić information content (AvgIpc) is 2.81. The van der Waals surface area contributed by atoms with Gasteiger partial charge in [-0.15, -0.1) is 0 Å². The zero-order valence-electron chi connectivity index (χ0n) is 20.1. The molecule has 2 N–H and O–H groups in total. The largest absolute Gasteiger partial charge is 0.421 e. The fourth-order valence-corrected chi connectivity index (χ4v) is 3.49. The molecular weight excluding hydrogens is 469 g/mol. The van der Waals surface area contributed by atoms with Crippen LogP contribution in [0.15, 0.2) is 71.6 Å². The lowest BCUT2D eigenvalue weighted by Crippen LogP contribution is -2.25. The van der Waals surface area contributed by atoms with Gasteiger partial charge in [0, 0.05) is 23.8 Å². The van der Waals surface area contributed by atoms with Gasteiger partial charge < -0.3 is 10.6 Å². The molecule has 36 heavy (non-hydrogen) atoms. The Morgan fingerprint density at radius 3 is 2.58 bits per heavy atom. The van der Waals surface area contributed by atoms with E-state index >= 15 is 0 Å². The number of aromatic nitrogens is 2. The van der Waals surface area contributed by atoms with Crippen LogP contribution in [0.3, 0.4) is 0 Å². The predicted octanol–water partition coefficient (Wildman–Crippen LogP) is 5.38. The Labute approximate surface area is 207 Å². The molecule has 0 fully saturated rings. The number of nitrogens with one attached hydrogen (secondary N) is 2. The molecule has 1 aliphatic rings. The van der Waals surface area contributed by atoms with Crippen LogP contribution in [0.25, 0.3) is 0 Å². The Morgan fingerprint density at radius 2 is 1.92 bits per heavy atom. The molecule has 2 aromatic rings. The Kier molecular flexibility index (Phi) is 8.10. The summed E-state index contributed by atoms with van der Waals surface area (Å²) in [7, 11) is 0. The highest BCUT2D eigenvalue weighted by Gasteiger charge is 2.35. The summed E-state index contributed by atoms with van der Waals surface area (Å²) in [5.41, 5.74) is 7.99. The van der Waals surface area contributed by atoms with Crippen LogP contribution in [0, 0.1) is 6.92 Å². The third-order valence-electron chi connectivity index (χ3n) is 5.45. The number of halogens is 3. The zero-order chi connectivity index (χ0) is 26.5. The molecule has 0 bridgehead atoms. The molecule has 0 aliphatic heterocycles. The van der Waals surface area contributed by atoms with Crippen LogP contribution >= 0.6 is 0 Å². The second kappa shape index (κ2) is 11.0. The minimum absolute atomic E-state index is 0.0353. The zero-order valence-corrected chi connectivity index (χ0v) is 20.1. The number of Topliss-reactive ketones (excluding diaryl/α,β-unsaturated/α-hetero) is 1. The Hall–Kier alpha value is -4.19. The summed E-state index contributed by atoms with van der Waals surface area (Å²) in [5, 5.41) is 5.18. The van der Waals surface area contributed by atoms with E-state index in [1.807, 2.05) is 19.1 Å². The molecule has 1 heterocycles. The molecule has 0 atom stereocenters. The first kappa shape index (κ1) is 26.4. The number of anilines is 1. The van der Waals surface area contributed by atoms with E-state index in [0.717, 1.165) is 23.4 Å². The van der Waals surface area contributed by atoms with Gasteiger partial charge in [0.2, 0.25) is 5.91 Å². The predicted molar refractivity (Wildman–Crippen MR) is 130 cm³/mol.